The van der Waals surface area contributed by atoms with Crippen LogP contribution in [0.3, 0.4) is 0 Å². The van der Waals surface area contributed by atoms with Crippen LogP contribution < -0.4 is 21.3 Å². The second-order valence-electron chi connectivity index (χ2n) is 9.56. The van der Waals surface area contributed by atoms with Gasteiger partial charge in [0.15, 0.2) is 5.96 Å². The molecule has 2 unspecified atom stereocenters. The maximum Gasteiger partial charge on any atom is 0.416 e. The molecule has 0 bridgehead atoms. The number of aliphatic imine (C=N–C) groups is 1. The van der Waals surface area contributed by atoms with Crippen LogP contribution in [0, 0.1) is 0 Å². The molecule has 2 aromatic rings. The number of hydrogen-bond acceptors (Lipinski definition) is 8. The number of carboxylic acids is 1. The number of nitrogens with one attached hydrogen (secondary N) is 4. The van der Waals surface area contributed by atoms with Crippen molar-refractivity contribution >= 4 is 29.4 Å². The van der Waals surface area contributed by atoms with Crippen molar-refractivity contribution in [1.29, 1.82) is 0 Å². The minimum atomic E-state index is -4.80. The van der Waals surface area contributed by atoms with Gasteiger partial charge in [-0.25, -0.2) is 9.38 Å². The highest BCUT2D eigenvalue weighted by atomic mass is 19.4. The Hall–Kier alpha value is -4.27. The van der Waals surface area contributed by atoms with Gasteiger partial charge in [0.05, 0.1) is 60.7 Å². The minimum absolute atomic E-state index is 0.0273. The summed E-state index contributed by atoms with van der Waals surface area (Å²) in [6, 6.07) is 2.64. The Labute approximate surface area is 226 Å². The van der Waals surface area contributed by atoms with Crippen LogP contribution in [0.4, 0.5) is 23.2 Å². The standard InChI is InChI=1S/C25H28F4N6O5/c1-24(2,40)15-3-13(4-16(6-15)25(27,28)29)19(7-21(37)38)35-20(36)12-31-22(39)14-5-18(11-30-8-14)34-23-32-9-17(26)10-33-23/h3-6,8,11,17,19,40H,7,9-10,12H2,1-2H3,(H,31,39)(H,35,36)(H,37,38)(H2,32,33,34). The van der Waals surface area contributed by atoms with E-state index in [1.165, 1.54) is 38.4 Å². The molecule has 0 saturated carbocycles. The van der Waals surface area contributed by atoms with Gasteiger partial charge in [-0.3, -0.25) is 19.4 Å². The van der Waals surface area contributed by atoms with E-state index in [0.29, 0.717) is 17.7 Å². The lowest BCUT2D eigenvalue weighted by Gasteiger charge is -2.24. The molecule has 40 heavy (non-hydrogen) atoms. The third-order valence-electron chi connectivity index (χ3n) is 5.72. The molecule has 216 valence electrons. The van der Waals surface area contributed by atoms with Crippen molar-refractivity contribution < 1.29 is 42.2 Å². The molecular weight excluding hydrogens is 540 g/mol. The van der Waals surface area contributed by atoms with Crippen molar-refractivity contribution in [2.45, 2.75) is 44.3 Å². The topological polar surface area (TPSA) is 165 Å². The number of anilines is 1. The highest BCUT2D eigenvalue weighted by molar-refractivity contribution is 5.99. The molecule has 0 spiro atoms. The van der Waals surface area contributed by atoms with Gasteiger partial charge in [-0.2, -0.15) is 13.2 Å². The molecule has 0 saturated heterocycles. The third-order valence-corrected chi connectivity index (χ3v) is 5.72. The molecule has 2 atom stereocenters. The number of alkyl halides is 4. The quantitative estimate of drug-likeness (QED) is 0.250. The maximum atomic E-state index is 13.5. The van der Waals surface area contributed by atoms with Crippen LogP contribution in [0.1, 0.15) is 53.4 Å². The van der Waals surface area contributed by atoms with Gasteiger partial charge in [0, 0.05) is 6.20 Å². The largest absolute Gasteiger partial charge is 0.481 e. The summed E-state index contributed by atoms with van der Waals surface area (Å²) in [6.45, 7) is 1.95. The van der Waals surface area contributed by atoms with Gasteiger partial charge in [0.2, 0.25) is 5.91 Å². The highest BCUT2D eigenvalue weighted by Gasteiger charge is 2.34. The third kappa shape index (κ3) is 8.62. The monoisotopic (exact) mass is 568 g/mol. The molecule has 1 aliphatic rings. The normalized spacial score (nSPS) is 16.3. The number of carbonyl (C=O) groups excluding carboxylic acids is 2. The van der Waals surface area contributed by atoms with Gasteiger partial charge in [-0.05, 0) is 43.2 Å². The number of nitrogens with zero attached hydrogens (tertiary/aromatic N) is 2. The summed E-state index contributed by atoms with van der Waals surface area (Å²) in [4.78, 5) is 44.5. The number of rotatable bonds is 9. The van der Waals surface area contributed by atoms with Crippen LogP contribution in [0.5, 0.6) is 0 Å². The maximum absolute atomic E-state index is 13.5. The van der Waals surface area contributed by atoms with Crippen LogP contribution >= 0.6 is 0 Å². The molecule has 1 aliphatic heterocycles. The van der Waals surface area contributed by atoms with E-state index in [-0.39, 0.29) is 29.8 Å². The van der Waals surface area contributed by atoms with Gasteiger partial charge < -0.3 is 31.5 Å². The fourth-order valence-electron chi connectivity index (χ4n) is 3.68. The Morgan fingerprint density at radius 2 is 1.82 bits per heavy atom. The SMILES string of the molecule is CC(C)(O)c1cc(C(CC(=O)O)NC(=O)CNC(=O)c2cncc(NC3=NCC(F)CN3)c2)cc(C(F)(F)F)c1. The smallest absolute Gasteiger partial charge is 0.416 e. The Bertz CT molecular complexity index is 1260. The Kier molecular flexibility index (Phi) is 9.29. The van der Waals surface area contributed by atoms with Crippen molar-refractivity contribution in [3.8, 4) is 0 Å². The number of guanidine groups is 1. The summed E-state index contributed by atoms with van der Waals surface area (Å²) >= 11 is 0. The van der Waals surface area contributed by atoms with E-state index in [2.05, 4.69) is 31.2 Å². The second-order valence-corrected chi connectivity index (χ2v) is 9.56. The number of carbonyl (C=O) groups is 3. The van der Waals surface area contributed by atoms with Crippen molar-refractivity contribution in [2.24, 2.45) is 4.99 Å². The molecule has 0 aliphatic carbocycles. The highest BCUT2D eigenvalue weighted by Crippen LogP contribution is 2.35. The molecule has 2 amide bonds. The number of benzene rings is 1. The predicted octanol–water partition coefficient (Wildman–Crippen LogP) is 2.10. The number of carboxylic acid groups (broad SMARTS) is 1. The number of hydrogen-bond donors (Lipinski definition) is 6. The summed E-state index contributed by atoms with van der Waals surface area (Å²) in [5.74, 6) is -2.69. The molecule has 0 fully saturated rings. The minimum Gasteiger partial charge on any atom is -0.481 e. The first-order chi connectivity index (χ1) is 18.6. The molecule has 6 N–H and O–H groups in total. The van der Waals surface area contributed by atoms with E-state index < -0.39 is 60.3 Å². The van der Waals surface area contributed by atoms with Crippen LogP contribution in [0.15, 0.2) is 41.7 Å². The lowest BCUT2D eigenvalue weighted by atomic mass is 9.91. The van der Waals surface area contributed by atoms with Crippen molar-refractivity contribution in [2.75, 3.05) is 25.0 Å². The molecule has 2 heterocycles. The zero-order valence-corrected chi connectivity index (χ0v) is 21.5. The average Bonchev–Trinajstić information content (AvgIpc) is 2.87. The lowest BCUT2D eigenvalue weighted by molar-refractivity contribution is -0.138. The number of aromatic nitrogens is 1. The van der Waals surface area contributed by atoms with Gasteiger partial charge in [0.1, 0.15) is 6.17 Å². The molecule has 1 aromatic carbocycles. The summed E-state index contributed by atoms with van der Waals surface area (Å²) in [6.07, 6.45) is -4.05. The summed E-state index contributed by atoms with van der Waals surface area (Å²) < 4.78 is 53.7. The van der Waals surface area contributed by atoms with Crippen LogP contribution in [0.2, 0.25) is 0 Å². The van der Waals surface area contributed by atoms with Gasteiger partial charge in [-0.1, -0.05) is 6.07 Å². The fourth-order valence-corrected chi connectivity index (χ4v) is 3.68. The van der Waals surface area contributed by atoms with Crippen LogP contribution in [-0.4, -0.2) is 64.7 Å². The van der Waals surface area contributed by atoms with Crippen molar-refractivity contribution in [1.82, 2.24) is 20.9 Å². The molecule has 3 rings (SSSR count). The van der Waals surface area contributed by atoms with E-state index in [0.717, 1.165) is 6.07 Å². The first-order valence-corrected chi connectivity index (χ1v) is 12.0. The summed E-state index contributed by atoms with van der Waals surface area (Å²) in [5, 5.41) is 29.8. The number of amides is 2. The van der Waals surface area contributed by atoms with Crippen molar-refractivity contribution in [3.05, 3.63) is 58.9 Å². The summed E-state index contributed by atoms with van der Waals surface area (Å²) in [5.41, 5.74) is -2.72. The van der Waals surface area contributed by atoms with Crippen LogP contribution in [0.25, 0.3) is 0 Å². The van der Waals surface area contributed by atoms with E-state index >= 15 is 0 Å². The van der Waals surface area contributed by atoms with Gasteiger partial charge in [0.25, 0.3) is 5.91 Å². The molecule has 11 nitrogen and oxygen atoms in total. The Morgan fingerprint density at radius 1 is 1.12 bits per heavy atom. The Balaban J connectivity index is 1.71. The van der Waals surface area contributed by atoms with E-state index in [1.54, 1.807) is 0 Å². The van der Waals surface area contributed by atoms with E-state index in [9.17, 15) is 42.2 Å². The first kappa shape index (κ1) is 30.3. The molecular formula is C25H28F4N6O5. The number of aliphatic hydroxyl groups is 1. The average molecular weight is 569 g/mol. The zero-order valence-electron chi connectivity index (χ0n) is 21.5. The van der Waals surface area contributed by atoms with Crippen molar-refractivity contribution in [3.63, 3.8) is 0 Å². The Morgan fingerprint density at radius 3 is 2.42 bits per heavy atom. The lowest BCUT2D eigenvalue weighted by Crippen LogP contribution is -2.41. The zero-order chi connectivity index (χ0) is 29.7. The molecule has 15 heteroatoms. The van der Waals surface area contributed by atoms with Crippen LogP contribution in [-0.2, 0) is 21.4 Å². The number of pyridine rings is 1. The second kappa shape index (κ2) is 12.3. The van der Waals surface area contributed by atoms with Gasteiger partial charge in [-0.15, -0.1) is 0 Å². The fraction of sp³-hybridized carbons (Fsp3) is 0.400. The summed E-state index contributed by atoms with van der Waals surface area (Å²) in [7, 11) is 0. The number of aliphatic carboxylic acids is 1. The van der Waals surface area contributed by atoms with E-state index in [4.69, 9.17) is 0 Å². The van der Waals surface area contributed by atoms with E-state index in [1.807, 2.05) is 0 Å². The molecule has 0 radical (unpaired) electrons. The predicted molar refractivity (Wildman–Crippen MR) is 135 cm³/mol. The van der Waals surface area contributed by atoms with Gasteiger partial charge >= 0.3 is 12.1 Å². The molecule has 1 aromatic heterocycles. The number of halogens is 4. The first-order valence-electron chi connectivity index (χ1n) is 12.0.